The molecule has 1 aromatic carbocycles. The molecule has 0 aliphatic heterocycles. The third-order valence-corrected chi connectivity index (χ3v) is 4.78. The maximum Gasteiger partial charge on any atom is 0.0937 e. The van der Waals surface area contributed by atoms with Gasteiger partial charge in [-0.2, -0.15) is 0 Å². The van der Waals surface area contributed by atoms with Crippen molar-refractivity contribution >= 4 is 23.2 Å². The molecule has 106 valence electrons. The van der Waals surface area contributed by atoms with E-state index in [0.717, 1.165) is 31.4 Å². The van der Waals surface area contributed by atoms with E-state index in [9.17, 15) is 5.11 Å². The Labute approximate surface area is 125 Å². The van der Waals surface area contributed by atoms with Crippen LogP contribution in [0, 0.1) is 5.92 Å². The SMILES string of the molecule is CN(C)CC1CCCCC1(O)c1ccc(Cl)c(Cl)c1. The minimum Gasteiger partial charge on any atom is -0.385 e. The van der Waals surface area contributed by atoms with Crippen molar-refractivity contribution in [1.29, 1.82) is 0 Å². The molecule has 0 spiro atoms. The lowest BCUT2D eigenvalue weighted by Gasteiger charge is -2.41. The predicted molar refractivity (Wildman–Crippen MR) is 80.9 cm³/mol. The zero-order chi connectivity index (χ0) is 14.0. The van der Waals surface area contributed by atoms with Crippen LogP contribution in [0.15, 0.2) is 18.2 Å². The Bertz CT molecular complexity index is 450. The van der Waals surface area contributed by atoms with E-state index in [0.29, 0.717) is 10.0 Å². The van der Waals surface area contributed by atoms with E-state index in [1.807, 2.05) is 26.2 Å². The lowest BCUT2D eigenvalue weighted by Crippen LogP contribution is -2.43. The van der Waals surface area contributed by atoms with E-state index in [2.05, 4.69) is 4.90 Å². The average molecular weight is 302 g/mol. The first-order valence-corrected chi connectivity index (χ1v) is 7.51. The third-order valence-electron chi connectivity index (χ3n) is 4.04. The Hall–Kier alpha value is -0.280. The highest BCUT2D eigenvalue weighted by Gasteiger charge is 2.40. The molecule has 1 N–H and O–H groups in total. The van der Waals surface area contributed by atoms with E-state index in [1.165, 1.54) is 6.42 Å². The third kappa shape index (κ3) is 3.25. The van der Waals surface area contributed by atoms with Crippen molar-refractivity contribution in [1.82, 2.24) is 4.90 Å². The highest BCUT2D eigenvalue weighted by atomic mass is 35.5. The normalized spacial score (nSPS) is 27.8. The molecule has 0 radical (unpaired) electrons. The van der Waals surface area contributed by atoms with Gasteiger partial charge < -0.3 is 10.0 Å². The summed E-state index contributed by atoms with van der Waals surface area (Å²) in [5.74, 6) is 0.244. The molecule has 1 aliphatic rings. The minimum atomic E-state index is -0.781. The van der Waals surface area contributed by atoms with E-state index in [1.54, 1.807) is 6.07 Å². The highest BCUT2D eigenvalue weighted by Crippen LogP contribution is 2.43. The Morgan fingerprint density at radius 1 is 1.26 bits per heavy atom. The van der Waals surface area contributed by atoms with Crippen molar-refractivity contribution in [2.45, 2.75) is 31.3 Å². The molecule has 2 unspecified atom stereocenters. The molecule has 2 atom stereocenters. The van der Waals surface area contributed by atoms with Crippen molar-refractivity contribution in [3.63, 3.8) is 0 Å². The van der Waals surface area contributed by atoms with Gasteiger partial charge in [-0.15, -0.1) is 0 Å². The van der Waals surface area contributed by atoms with Gasteiger partial charge in [-0.25, -0.2) is 0 Å². The number of aliphatic hydroxyl groups is 1. The number of benzene rings is 1. The molecule has 1 aromatic rings. The van der Waals surface area contributed by atoms with Gasteiger partial charge in [0, 0.05) is 12.5 Å². The van der Waals surface area contributed by atoms with Gasteiger partial charge in [0.05, 0.1) is 15.6 Å². The largest absolute Gasteiger partial charge is 0.385 e. The van der Waals surface area contributed by atoms with Crippen LogP contribution < -0.4 is 0 Å². The average Bonchev–Trinajstić information content (AvgIpc) is 2.35. The molecule has 0 amide bonds. The quantitative estimate of drug-likeness (QED) is 0.914. The van der Waals surface area contributed by atoms with E-state index in [4.69, 9.17) is 23.2 Å². The number of hydrogen-bond acceptors (Lipinski definition) is 2. The molecule has 0 heterocycles. The lowest BCUT2D eigenvalue weighted by molar-refractivity contribution is -0.0618. The predicted octanol–water partition coefficient (Wildman–Crippen LogP) is 3.93. The van der Waals surface area contributed by atoms with Crippen LogP contribution in [0.1, 0.15) is 31.2 Å². The smallest absolute Gasteiger partial charge is 0.0937 e. The topological polar surface area (TPSA) is 23.5 Å². The monoisotopic (exact) mass is 301 g/mol. The van der Waals surface area contributed by atoms with Gasteiger partial charge in [0.25, 0.3) is 0 Å². The van der Waals surface area contributed by atoms with Crippen LogP contribution >= 0.6 is 23.2 Å². The Morgan fingerprint density at radius 2 is 2.00 bits per heavy atom. The van der Waals surface area contributed by atoms with Crippen LogP contribution in [0.5, 0.6) is 0 Å². The summed E-state index contributed by atoms with van der Waals surface area (Å²) >= 11 is 12.1. The summed E-state index contributed by atoms with van der Waals surface area (Å²) in [6.07, 6.45) is 4.08. The second-order valence-corrected chi connectivity index (χ2v) is 6.57. The number of hydrogen-bond donors (Lipinski definition) is 1. The van der Waals surface area contributed by atoms with E-state index >= 15 is 0 Å². The number of rotatable bonds is 3. The molecule has 0 bridgehead atoms. The fraction of sp³-hybridized carbons (Fsp3) is 0.600. The van der Waals surface area contributed by atoms with E-state index in [-0.39, 0.29) is 5.92 Å². The molecule has 2 nitrogen and oxygen atoms in total. The van der Waals surface area contributed by atoms with Crippen molar-refractivity contribution in [3.8, 4) is 0 Å². The molecular formula is C15H21Cl2NO. The van der Waals surface area contributed by atoms with Gasteiger partial charge in [0.15, 0.2) is 0 Å². The Morgan fingerprint density at radius 3 is 2.63 bits per heavy atom. The minimum absolute atomic E-state index is 0.244. The van der Waals surface area contributed by atoms with Crippen LogP contribution in [0.4, 0.5) is 0 Å². The highest BCUT2D eigenvalue weighted by molar-refractivity contribution is 6.42. The van der Waals surface area contributed by atoms with E-state index < -0.39 is 5.60 Å². The molecule has 0 saturated heterocycles. The maximum absolute atomic E-state index is 11.1. The molecule has 1 saturated carbocycles. The standard InChI is InChI=1S/C15H21Cl2NO/c1-18(2)10-12-5-3-4-8-15(12,19)11-6-7-13(16)14(17)9-11/h6-7,9,12,19H,3-5,8,10H2,1-2H3. The summed E-state index contributed by atoms with van der Waals surface area (Å²) in [5, 5.41) is 12.2. The van der Waals surface area contributed by atoms with Crippen LogP contribution in [0.25, 0.3) is 0 Å². The second kappa shape index (κ2) is 6.01. The molecule has 0 aromatic heterocycles. The second-order valence-electron chi connectivity index (χ2n) is 5.76. The maximum atomic E-state index is 11.1. The van der Waals surface area contributed by atoms with Crippen LogP contribution in [0.3, 0.4) is 0 Å². The fourth-order valence-electron chi connectivity index (χ4n) is 3.06. The van der Waals surface area contributed by atoms with Gasteiger partial charge in [-0.1, -0.05) is 42.1 Å². The van der Waals surface area contributed by atoms with Crippen molar-refractivity contribution in [2.75, 3.05) is 20.6 Å². The fourth-order valence-corrected chi connectivity index (χ4v) is 3.35. The lowest BCUT2D eigenvalue weighted by atomic mass is 9.71. The first-order chi connectivity index (χ1) is 8.93. The van der Waals surface area contributed by atoms with Crippen LogP contribution in [-0.4, -0.2) is 30.6 Å². The van der Waals surface area contributed by atoms with Gasteiger partial charge in [0.2, 0.25) is 0 Å². The molecule has 1 aliphatic carbocycles. The van der Waals surface area contributed by atoms with Crippen molar-refractivity contribution in [2.24, 2.45) is 5.92 Å². The summed E-state index contributed by atoms with van der Waals surface area (Å²) in [5.41, 5.74) is 0.116. The summed E-state index contributed by atoms with van der Waals surface area (Å²) in [4.78, 5) is 2.14. The van der Waals surface area contributed by atoms with Gasteiger partial charge >= 0.3 is 0 Å². The van der Waals surface area contributed by atoms with Crippen LogP contribution in [-0.2, 0) is 5.60 Å². The summed E-state index contributed by atoms with van der Waals surface area (Å²) in [6.45, 7) is 0.886. The van der Waals surface area contributed by atoms with Gasteiger partial charge in [-0.05, 0) is 44.6 Å². The first kappa shape index (κ1) is 15.1. The zero-order valence-electron chi connectivity index (χ0n) is 11.5. The molecule has 19 heavy (non-hydrogen) atoms. The molecule has 4 heteroatoms. The molecule has 2 rings (SSSR count). The van der Waals surface area contributed by atoms with Crippen molar-refractivity contribution in [3.05, 3.63) is 33.8 Å². The van der Waals surface area contributed by atoms with Crippen LogP contribution in [0.2, 0.25) is 10.0 Å². The summed E-state index contributed by atoms with van der Waals surface area (Å²) < 4.78 is 0. The number of halogens is 2. The Kier molecular flexibility index (Phi) is 4.78. The van der Waals surface area contributed by atoms with Crippen molar-refractivity contribution < 1.29 is 5.11 Å². The summed E-state index contributed by atoms with van der Waals surface area (Å²) in [7, 11) is 4.09. The summed E-state index contributed by atoms with van der Waals surface area (Å²) in [6, 6.07) is 5.50. The first-order valence-electron chi connectivity index (χ1n) is 6.76. The Balaban J connectivity index is 2.33. The van der Waals surface area contributed by atoms with Gasteiger partial charge in [-0.3, -0.25) is 0 Å². The number of nitrogens with zero attached hydrogens (tertiary/aromatic N) is 1. The molecule has 1 fully saturated rings. The molecular weight excluding hydrogens is 281 g/mol. The van der Waals surface area contributed by atoms with Gasteiger partial charge in [0.1, 0.15) is 0 Å². The zero-order valence-corrected chi connectivity index (χ0v) is 13.0.